The fraction of sp³-hybridized carbons (Fsp3) is 0.233. The van der Waals surface area contributed by atoms with E-state index in [0.29, 0.717) is 17.4 Å². The van der Waals surface area contributed by atoms with Crippen molar-refractivity contribution in [2.75, 3.05) is 17.7 Å². The van der Waals surface area contributed by atoms with Crippen molar-refractivity contribution in [1.29, 1.82) is 0 Å². The summed E-state index contributed by atoms with van der Waals surface area (Å²) in [6.45, 7) is 5.23. The van der Waals surface area contributed by atoms with Gasteiger partial charge >= 0.3 is 12.1 Å². The van der Waals surface area contributed by atoms with Crippen LogP contribution >= 0.6 is 0 Å². The first-order valence-corrected chi connectivity index (χ1v) is 12.6. The Morgan fingerprint density at radius 3 is 2.60 bits per heavy atom. The number of aldehydes is 1. The number of ether oxygens (including phenoxy) is 2. The van der Waals surface area contributed by atoms with Gasteiger partial charge in [0, 0.05) is 40.2 Å². The van der Waals surface area contributed by atoms with Gasteiger partial charge in [0.05, 0.1) is 29.3 Å². The third-order valence-corrected chi connectivity index (χ3v) is 7.18. The van der Waals surface area contributed by atoms with Gasteiger partial charge in [0.25, 0.3) is 0 Å². The molecule has 10 heteroatoms. The van der Waals surface area contributed by atoms with Crippen LogP contribution in [0.15, 0.2) is 54.7 Å². The normalized spacial score (nSPS) is 17.4. The zero-order chi connectivity index (χ0) is 28.8. The van der Waals surface area contributed by atoms with Gasteiger partial charge in [0.15, 0.2) is 0 Å². The standard InChI is InChI=1S/C30H27F2N3O5/c1-15-23-22(13-21(31)24(25(23)32)20-7-5-6-17-8-9-33-26(17)20)35-30(2,3)27(15)40-29(38)34-19-11-16(14-36)10-18(12-19)28(37)39-4/h5-15,27,33,35H,1-4H3,(H,34,38)/t15-,27?/m0/s1. The number of halogens is 2. The molecule has 1 amide bonds. The zero-order valence-electron chi connectivity index (χ0n) is 22.2. The van der Waals surface area contributed by atoms with Crippen LogP contribution in [-0.4, -0.2) is 42.1 Å². The van der Waals surface area contributed by atoms with E-state index in [4.69, 9.17) is 9.47 Å². The van der Waals surface area contributed by atoms with E-state index in [1.807, 2.05) is 12.1 Å². The molecule has 2 heterocycles. The van der Waals surface area contributed by atoms with E-state index in [2.05, 4.69) is 15.6 Å². The molecule has 0 aliphatic carbocycles. The van der Waals surface area contributed by atoms with Crippen molar-refractivity contribution in [1.82, 2.24) is 4.98 Å². The van der Waals surface area contributed by atoms with Crippen molar-refractivity contribution < 1.29 is 32.6 Å². The van der Waals surface area contributed by atoms with Crippen molar-refractivity contribution in [2.24, 2.45) is 0 Å². The highest BCUT2D eigenvalue weighted by atomic mass is 19.1. The molecule has 0 fully saturated rings. The summed E-state index contributed by atoms with van der Waals surface area (Å²) in [5.41, 5.74) is 0.711. The van der Waals surface area contributed by atoms with Gasteiger partial charge in [0.2, 0.25) is 0 Å². The molecule has 2 atom stereocenters. The number of hydrogen-bond donors (Lipinski definition) is 3. The first-order chi connectivity index (χ1) is 19.0. The Labute approximate surface area is 228 Å². The van der Waals surface area contributed by atoms with Crippen LogP contribution in [0.2, 0.25) is 0 Å². The number of carbonyl (C=O) groups excluding carboxylic acids is 3. The fourth-order valence-electron chi connectivity index (χ4n) is 5.46. The minimum atomic E-state index is -0.911. The summed E-state index contributed by atoms with van der Waals surface area (Å²) in [5, 5.41) is 6.47. The number of hydrogen-bond acceptors (Lipinski definition) is 6. The van der Waals surface area contributed by atoms with Crippen LogP contribution in [0.4, 0.5) is 25.0 Å². The van der Waals surface area contributed by atoms with Crippen molar-refractivity contribution in [3.8, 4) is 11.1 Å². The quantitative estimate of drug-likeness (QED) is 0.191. The Bertz CT molecular complexity index is 1660. The second-order valence-electron chi connectivity index (χ2n) is 10.3. The molecule has 3 N–H and O–H groups in total. The number of nitrogens with one attached hydrogen (secondary N) is 3. The van der Waals surface area contributed by atoms with Crippen LogP contribution in [0.1, 0.15) is 53.0 Å². The first-order valence-electron chi connectivity index (χ1n) is 12.6. The molecular formula is C30H27F2N3O5. The highest BCUT2D eigenvalue weighted by Crippen LogP contribution is 2.46. The highest BCUT2D eigenvalue weighted by molar-refractivity contribution is 5.96. The lowest BCUT2D eigenvalue weighted by Crippen LogP contribution is -2.52. The van der Waals surface area contributed by atoms with Crippen LogP contribution in [0.3, 0.4) is 0 Å². The van der Waals surface area contributed by atoms with E-state index in [9.17, 15) is 14.4 Å². The summed E-state index contributed by atoms with van der Waals surface area (Å²) in [7, 11) is 1.20. The molecule has 1 aliphatic rings. The third-order valence-electron chi connectivity index (χ3n) is 7.18. The topological polar surface area (TPSA) is 110 Å². The highest BCUT2D eigenvalue weighted by Gasteiger charge is 2.45. The number of H-pyrrole nitrogens is 1. The van der Waals surface area contributed by atoms with E-state index in [0.717, 1.165) is 5.39 Å². The molecule has 5 rings (SSSR count). The molecule has 1 aromatic heterocycles. The van der Waals surface area contributed by atoms with Gasteiger partial charge < -0.3 is 19.8 Å². The van der Waals surface area contributed by atoms with E-state index < -0.39 is 41.3 Å². The molecule has 3 aromatic carbocycles. The average molecular weight is 548 g/mol. The van der Waals surface area contributed by atoms with E-state index >= 15 is 8.78 Å². The SMILES string of the molecule is COC(=O)c1cc(C=O)cc(NC(=O)OC2[C@@H](C)c3c(cc(F)c(-c4cccc5cc[nH]c45)c3F)NC2(C)C)c1. The summed E-state index contributed by atoms with van der Waals surface area (Å²) < 4.78 is 42.1. The van der Waals surface area contributed by atoms with Gasteiger partial charge in [0.1, 0.15) is 24.0 Å². The number of benzene rings is 3. The molecule has 4 aromatic rings. The van der Waals surface area contributed by atoms with E-state index in [1.54, 1.807) is 39.1 Å². The zero-order valence-corrected chi connectivity index (χ0v) is 22.2. The van der Waals surface area contributed by atoms with Crippen LogP contribution in [0.25, 0.3) is 22.0 Å². The van der Waals surface area contributed by atoms with Crippen molar-refractivity contribution in [2.45, 2.75) is 38.3 Å². The molecule has 0 spiro atoms. The maximum Gasteiger partial charge on any atom is 0.412 e. The number of aromatic nitrogens is 1. The third kappa shape index (κ3) is 4.66. The lowest BCUT2D eigenvalue weighted by Gasteiger charge is -2.44. The van der Waals surface area contributed by atoms with Gasteiger partial charge in [-0.15, -0.1) is 0 Å². The number of esters is 1. The van der Waals surface area contributed by atoms with Crippen LogP contribution in [0, 0.1) is 11.6 Å². The number of fused-ring (bicyclic) bond motifs is 2. The van der Waals surface area contributed by atoms with Gasteiger partial charge in [-0.1, -0.05) is 25.1 Å². The Hall–Kier alpha value is -4.73. The molecule has 0 radical (unpaired) electrons. The number of methoxy groups -OCH3 is 1. The maximum absolute atomic E-state index is 16.2. The lowest BCUT2D eigenvalue weighted by atomic mass is 9.77. The van der Waals surface area contributed by atoms with Gasteiger partial charge in [-0.05, 0) is 49.6 Å². The molecule has 0 bridgehead atoms. The molecule has 0 saturated heterocycles. The minimum absolute atomic E-state index is 0.0677. The lowest BCUT2D eigenvalue weighted by molar-refractivity contribution is 0.0559. The summed E-state index contributed by atoms with van der Waals surface area (Å²) in [5.74, 6) is -2.83. The molecular weight excluding hydrogens is 520 g/mol. The smallest absolute Gasteiger partial charge is 0.412 e. The number of amides is 1. The summed E-state index contributed by atoms with van der Waals surface area (Å²) in [6, 6.07) is 12.4. The predicted octanol–water partition coefficient (Wildman–Crippen LogP) is 6.64. The van der Waals surface area contributed by atoms with E-state index in [-0.39, 0.29) is 33.6 Å². The number of carbonyl (C=O) groups is 3. The number of aromatic amines is 1. The largest absolute Gasteiger partial charge is 0.465 e. The Kier molecular flexibility index (Phi) is 6.79. The van der Waals surface area contributed by atoms with Crippen molar-refractivity contribution in [3.05, 3.63) is 83.1 Å². The molecule has 1 unspecified atom stereocenters. The van der Waals surface area contributed by atoms with Crippen LogP contribution in [-0.2, 0) is 9.47 Å². The summed E-state index contributed by atoms with van der Waals surface area (Å²) in [6.07, 6.45) is 0.469. The number of para-hydroxylation sites is 1. The second-order valence-corrected chi connectivity index (χ2v) is 10.3. The summed E-state index contributed by atoms with van der Waals surface area (Å²) >= 11 is 0. The van der Waals surface area contributed by atoms with Gasteiger partial charge in [-0.2, -0.15) is 0 Å². The molecule has 1 aliphatic heterocycles. The van der Waals surface area contributed by atoms with Gasteiger partial charge in [-0.25, -0.2) is 18.4 Å². The minimum Gasteiger partial charge on any atom is -0.465 e. The molecule has 0 saturated carbocycles. The number of rotatable bonds is 5. The van der Waals surface area contributed by atoms with E-state index in [1.165, 1.54) is 31.4 Å². The fourth-order valence-corrected chi connectivity index (χ4v) is 5.46. The van der Waals surface area contributed by atoms with Crippen molar-refractivity contribution in [3.63, 3.8) is 0 Å². The predicted molar refractivity (Wildman–Crippen MR) is 147 cm³/mol. The molecule has 8 nitrogen and oxygen atoms in total. The number of anilines is 2. The van der Waals surface area contributed by atoms with Crippen LogP contribution in [0.5, 0.6) is 0 Å². The Morgan fingerprint density at radius 2 is 1.88 bits per heavy atom. The summed E-state index contributed by atoms with van der Waals surface area (Å²) in [4.78, 5) is 39.4. The first kappa shape index (κ1) is 26.9. The second kappa shape index (κ2) is 10.1. The maximum atomic E-state index is 16.2. The molecule has 206 valence electrons. The average Bonchev–Trinajstić information content (AvgIpc) is 3.39. The Balaban J connectivity index is 1.48. The monoisotopic (exact) mass is 547 g/mol. The van der Waals surface area contributed by atoms with Crippen LogP contribution < -0.4 is 10.6 Å². The molecule has 40 heavy (non-hydrogen) atoms. The van der Waals surface area contributed by atoms with Crippen molar-refractivity contribution >= 4 is 40.6 Å². The van der Waals surface area contributed by atoms with Gasteiger partial charge in [-0.3, -0.25) is 10.1 Å². The Morgan fingerprint density at radius 1 is 1.10 bits per heavy atom.